The minimum Gasteiger partial charge on any atom is -0.379 e. The van der Waals surface area contributed by atoms with Crippen LogP contribution >= 0.6 is 24.0 Å². The Bertz CT molecular complexity index is 806. The number of hydrogen-bond donors (Lipinski definition) is 1. The first kappa shape index (κ1) is 23.2. The number of halogens is 1. The smallest absolute Gasteiger partial charge is 0.193 e. The molecule has 2 aromatic rings. The van der Waals surface area contributed by atoms with Gasteiger partial charge in [-0.05, 0) is 37.8 Å². The number of morpholine rings is 1. The maximum Gasteiger partial charge on any atom is 0.193 e. The summed E-state index contributed by atoms with van der Waals surface area (Å²) >= 11 is 0. The van der Waals surface area contributed by atoms with Crippen LogP contribution in [0.15, 0.2) is 29.4 Å². The molecule has 0 bridgehead atoms. The van der Waals surface area contributed by atoms with Gasteiger partial charge in [0.25, 0.3) is 0 Å². The number of likely N-dealkylation sites (tertiary alicyclic amines) is 1. The second kappa shape index (κ2) is 11.8. The highest BCUT2D eigenvalue weighted by Crippen LogP contribution is 2.18. The van der Waals surface area contributed by atoms with Gasteiger partial charge in [0.1, 0.15) is 5.82 Å². The third-order valence-electron chi connectivity index (χ3n) is 5.74. The number of fused-ring (bicyclic) bond motifs is 1. The standard InChI is InChI=1S/C21H33N7O.HI/c1-2-22-21(27-11-8-18(17-27)16-26-12-14-29-15-13-26)23-9-5-7-20-25-24-19-6-3-4-10-28(19)20;/h3-4,6,10,18H,2,5,7-9,11-17H2,1H3,(H,22,23);1H. The Morgan fingerprint density at radius 2 is 2.10 bits per heavy atom. The molecule has 4 heterocycles. The number of rotatable bonds is 7. The predicted molar refractivity (Wildman–Crippen MR) is 130 cm³/mol. The normalized spacial score (nSPS) is 20.5. The quantitative estimate of drug-likeness (QED) is 0.257. The molecular weight excluding hydrogens is 493 g/mol. The van der Waals surface area contributed by atoms with E-state index in [1.807, 2.05) is 24.4 Å². The molecule has 0 radical (unpaired) electrons. The van der Waals surface area contributed by atoms with Gasteiger partial charge >= 0.3 is 0 Å². The van der Waals surface area contributed by atoms with Gasteiger partial charge in [0.15, 0.2) is 11.6 Å². The molecule has 2 aliphatic heterocycles. The van der Waals surface area contributed by atoms with E-state index in [1.165, 1.54) is 13.0 Å². The number of ether oxygens (including phenoxy) is 1. The number of aromatic nitrogens is 3. The maximum absolute atomic E-state index is 5.47. The van der Waals surface area contributed by atoms with Crippen LogP contribution in [0.2, 0.25) is 0 Å². The second-order valence-corrected chi connectivity index (χ2v) is 7.90. The summed E-state index contributed by atoms with van der Waals surface area (Å²) in [5.74, 6) is 2.79. The van der Waals surface area contributed by atoms with Crippen LogP contribution in [-0.2, 0) is 11.2 Å². The summed E-state index contributed by atoms with van der Waals surface area (Å²) in [5.41, 5.74) is 0.905. The van der Waals surface area contributed by atoms with Crippen molar-refractivity contribution in [3.63, 3.8) is 0 Å². The first-order valence-corrected chi connectivity index (χ1v) is 11.0. The molecule has 1 atom stereocenters. The topological polar surface area (TPSA) is 70.3 Å². The number of aliphatic imine (C=N–C) groups is 1. The molecule has 2 saturated heterocycles. The van der Waals surface area contributed by atoms with Gasteiger partial charge in [-0.3, -0.25) is 14.3 Å². The van der Waals surface area contributed by atoms with Crippen LogP contribution in [0.3, 0.4) is 0 Å². The third-order valence-corrected chi connectivity index (χ3v) is 5.74. The number of hydrogen-bond acceptors (Lipinski definition) is 5. The van der Waals surface area contributed by atoms with Crippen molar-refractivity contribution < 1.29 is 4.74 Å². The number of nitrogens with zero attached hydrogens (tertiary/aromatic N) is 6. The van der Waals surface area contributed by atoms with Gasteiger partial charge in [0, 0.05) is 58.4 Å². The fourth-order valence-corrected chi connectivity index (χ4v) is 4.23. The molecule has 1 N–H and O–H groups in total. The van der Waals surface area contributed by atoms with Crippen molar-refractivity contribution in [2.24, 2.45) is 10.9 Å². The van der Waals surface area contributed by atoms with E-state index < -0.39 is 0 Å². The Morgan fingerprint density at radius 3 is 2.93 bits per heavy atom. The Balaban J connectivity index is 0.00000256. The van der Waals surface area contributed by atoms with Crippen molar-refractivity contribution in [1.29, 1.82) is 0 Å². The van der Waals surface area contributed by atoms with E-state index >= 15 is 0 Å². The zero-order valence-electron chi connectivity index (χ0n) is 17.9. The number of pyridine rings is 1. The van der Waals surface area contributed by atoms with Gasteiger partial charge in [-0.15, -0.1) is 34.2 Å². The van der Waals surface area contributed by atoms with Crippen LogP contribution in [0.1, 0.15) is 25.6 Å². The molecular formula is C21H34IN7O. The van der Waals surface area contributed by atoms with Gasteiger partial charge in [0.05, 0.1) is 13.2 Å². The molecule has 0 aliphatic carbocycles. The largest absolute Gasteiger partial charge is 0.379 e. The van der Waals surface area contributed by atoms with E-state index in [-0.39, 0.29) is 24.0 Å². The van der Waals surface area contributed by atoms with Crippen molar-refractivity contribution in [1.82, 2.24) is 29.7 Å². The summed E-state index contributed by atoms with van der Waals surface area (Å²) in [4.78, 5) is 9.87. The molecule has 0 spiro atoms. The Kier molecular flexibility index (Phi) is 9.13. The Labute approximate surface area is 196 Å². The van der Waals surface area contributed by atoms with Gasteiger partial charge in [0.2, 0.25) is 0 Å². The number of aryl methyl sites for hydroxylation is 1. The molecule has 0 aromatic carbocycles. The van der Waals surface area contributed by atoms with Crippen molar-refractivity contribution >= 4 is 35.6 Å². The lowest BCUT2D eigenvalue weighted by Gasteiger charge is -2.29. The zero-order valence-corrected chi connectivity index (χ0v) is 20.2. The van der Waals surface area contributed by atoms with Crippen molar-refractivity contribution in [2.45, 2.75) is 26.2 Å². The van der Waals surface area contributed by atoms with Crippen LogP contribution in [0, 0.1) is 5.92 Å². The third kappa shape index (κ3) is 6.04. The first-order chi connectivity index (χ1) is 14.3. The van der Waals surface area contributed by atoms with Crippen molar-refractivity contribution in [3.8, 4) is 0 Å². The van der Waals surface area contributed by atoms with Gasteiger partial charge in [-0.25, -0.2) is 0 Å². The lowest BCUT2D eigenvalue weighted by atomic mass is 10.1. The highest BCUT2D eigenvalue weighted by molar-refractivity contribution is 14.0. The van der Waals surface area contributed by atoms with E-state index in [2.05, 4.69) is 36.6 Å². The molecule has 0 saturated carbocycles. The van der Waals surface area contributed by atoms with Gasteiger partial charge < -0.3 is 15.0 Å². The fraction of sp³-hybridized carbons (Fsp3) is 0.667. The van der Waals surface area contributed by atoms with Crippen LogP contribution < -0.4 is 5.32 Å². The highest BCUT2D eigenvalue weighted by Gasteiger charge is 2.27. The molecule has 0 amide bonds. The van der Waals surface area contributed by atoms with Crippen molar-refractivity contribution in [3.05, 3.63) is 30.2 Å². The molecule has 2 aliphatic rings. The summed E-state index contributed by atoms with van der Waals surface area (Å²) in [7, 11) is 0. The summed E-state index contributed by atoms with van der Waals surface area (Å²) in [5, 5.41) is 12.0. The molecule has 30 heavy (non-hydrogen) atoms. The number of guanidine groups is 1. The molecule has 8 nitrogen and oxygen atoms in total. The lowest BCUT2D eigenvalue weighted by molar-refractivity contribution is 0.0315. The molecule has 2 fully saturated rings. The van der Waals surface area contributed by atoms with Gasteiger partial charge in [-0.1, -0.05) is 6.07 Å². The van der Waals surface area contributed by atoms with E-state index in [4.69, 9.17) is 9.73 Å². The van der Waals surface area contributed by atoms with Crippen LogP contribution in [-0.4, -0.2) is 89.4 Å². The number of nitrogens with one attached hydrogen (secondary N) is 1. The van der Waals surface area contributed by atoms with Crippen molar-refractivity contribution in [2.75, 3.05) is 59.0 Å². The average Bonchev–Trinajstić information content (AvgIpc) is 3.38. The molecule has 1 unspecified atom stereocenters. The monoisotopic (exact) mass is 527 g/mol. The molecule has 166 valence electrons. The summed E-state index contributed by atoms with van der Waals surface area (Å²) in [6, 6.07) is 5.99. The SMILES string of the molecule is CCNC(=NCCCc1nnc2ccccn12)N1CCC(CN2CCOCC2)C1.I. The van der Waals surface area contributed by atoms with E-state index in [1.54, 1.807) is 0 Å². The zero-order chi connectivity index (χ0) is 19.9. The summed E-state index contributed by atoms with van der Waals surface area (Å²) < 4.78 is 7.53. The van der Waals surface area contributed by atoms with Crippen LogP contribution in [0.5, 0.6) is 0 Å². The highest BCUT2D eigenvalue weighted by atomic mass is 127. The maximum atomic E-state index is 5.47. The average molecular weight is 527 g/mol. The van der Waals surface area contributed by atoms with Crippen LogP contribution in [0.4, 0.5) is 0 Å². The van der Waals surface area contributed by atoms with Gasteiger partial charge in [-0.2, -0.15) is 0 Å². The molecule has 4 rings (SSSR count). The second-order valence-electron chi connectivity index (χ2n) is 7.90. The lowest BCUT2D eigenvalue weighted by Crippen LogP contribution is -2.42. The van der Waals surface area contributed by atoms with Crippen LogP contribution in [0.25, 0.3) is 5.65 Å². The molecule has 9 heteroatoms. The minimum absolute atomic E-state index is 0. The first-order valence-electron chi connectivity index (χ1n) is 11.0. The summed E-state index contributed by atoms with van der Waals surface area (Å²) in [6.45, 7) is 11.1. The predicted octanol–water partition coefficient (Wildman–Crippen LogP) is 1.90. The Hall–Kier alpha value is -1.46. The molecule has 2 aromatic heterocycles. The van der Waals surface area contributed by atoms with E-state index in [9.17, 15) is 0 Å². The van der Waals surface area contributed by atoms with E-state index in [0.29, 0.717) is 0 Å². The Morgan fingerprint density at radius 1 is 1.23 bits per heavy atom. The minimum atomic E-state index is 0. The summed E-state index contributed by atoms with van der Waals surface area (Å²) in [6.07, 6.45) is 5.12. The fourth-order valence-electron chi connectivity index (χ4n) is 4.23. The van der Waals surface area contributed by atoms with E-state index in [0.717, 1.165) is 88.7 Å².